The normalized spacial score (nSPS) is 10.8. The van der Waals surface area contributed by atoms with E-state index in [0.717, 1.165) is 5.39 Å². The number of phenolic OH excluding ortho intramolecular Hbond substituents is 1. The van der Waals surface area contributed by atoms with Gasteiger partial charge in [0.15, 0.2) is 5.82 Å². The Bertz CT molecular complexity index is 818. The highest BCUT2D eigenvalue weighted by molar-refractivity contribution is 5.91. The van der Waals surface area contributed by atoms with Crippen LogP contribution < -0.4 is 4.90 Å². The molecule has 0 amide bonds. The highest BCUT2D eigenvalue weighted by atomic mass is 19.1. The van der Waals surface area contributed by atoms with Crippen molar-refractivity contribution >= 4 is 16.7 Å². The van der Waals surface area contributed by atoms with Crippen molar-refractivity contribution in [3.63, 3.8) is 0 Å². The van der Waals surface area contributed by atoms with Crippen LogP contribution in [-0.2, 0) is 0 Å². The molecule has 0 aliphatic rings. The smallest absolute Gasteiger partial charge is 0.165 e. The number of anilines is 1. The van der Waals surface area contributed by atoms with E-state index in [0.29, 0.717) is 22.7 Å². The zero-order valence-corrected chi connectivity index (χ0v) is 11.7. The first-order chi connectivity index (χ1) is 10.1. The maximum Gasteiger partial charge on any atom is 0.165 e. The van der Waals surface area contributed by atoms with Crippen molar-refractivity contribution < 1.29 is 9.50 Å². The maximum absolute atomic E-state index is 13.5. The van der Waals surface area contributed by atoms with Gasteiger partial charge in [0, 0.05) is 25.5 Å². The summed E-state index contributed by atoms with van der Waals surface area (Å²) >= 11 is 0. The molecular weight excluding hydrogens is 269 g/mol. The van der Waals surface area contributed by atoms with E-state index < -0.39 is 0 Å². The Morgan fingerprint density at radius 1 is 1.05 bits per heavy atom. The van der Waals surface area contributed by atoms with Gasteiger partial charge in [-0.25, -0.2) is 14.4 Å². The van der Waals surface area contributed by atoms with Gasteiger partial charge < -0.3 is 10.0 Å². The molecule has 1 N–H and O–H groups in total. The number of hydrogen-bond acceptors (Lipinski definition) is 4. The minimum absolute atomic E-state index is 0.0953. The molecule has 0 aliphatic carbocycles. The summed E-state index contributed by atoms with van der Waals surface area (Å²) in [5, 5.41) is 10.7. The van der Waals surface area contributed by atoms with E-state index in [4.69, 9.17) is 0 Å². The highest BCUT2D eigenvalue weighted by Crippen LogP contribution is 2.30. The molecule has 0 bridgehead atoms. The minimum atomic E-state index is -0.353. The maximum atomic E-state index is 13.5. The Morgan fingerprint density at radius 3 is 2.52 bits per heavy atom. The van der Waals surface area contributed by atoms with Gasteiger partial charge in [-0.05, 0) is 24.3 Å². The highest BCUT2D eigenvalue weighted by Gasteiger charge is 2.13. The van der Waals surface area contributed by atoms with Crippen LogP contribution in [-0.4, -0.2) is 29.2 Å². The lowest BCUT2D eigenvalue weighted by Gasteiger charge is -2.15. The van der Waals surface area contributed by atoms with E-state index >= 15 is 0 Å². The van der Waals surface area contributed by atoms with Crippen molar-refractivity contribution in [2.24, 2.45) is 0 Å². The van der Waals surface area contributed by atoms with Gasteiger partial charge in [0.2, 0.25) is 0 Å². The quantitative estimate of drug-likeness (QED) is 0.784. The second kappa shape index (κ2) is 5.01. The van der Waals surface area contributed by atoms with Crippen LogP contribution in [0.1, 0.15) is 0 Å². The number of rotatable bonds is 2. The van der Waals surface area contributed by atoms with E-state index in [1.54, 1.807) is 30.3 Å². The summed E-state index contributed by atoms with van der Waals surface area (Å²) in [6.07, 6.45) is 0. The van der Waals surface area contributed by atoms with Crippen LogP contribution >= 0.6 is 0 Å². The fourth-order valence-electron chi connectivity index (χ4n) is 2.21. The lowest BCUT2D eigenvalue weighted by Crippen LogP contribution is -2.12. The molecule has 1 heterocycles. The molecule has 0 atom stereocenters. The SMILES string of the molecule is CN(C)c1nc(-c2ccccc2O)nc2cc(F)ccc12. The van der Waals surface area contributed by atoms with Crippen LogP contribution in [0.4, 0.5) is 10.2 Å². The Morgan fingerprint density at radius 2 is 1.81 bits per heavy atom. The number of aromatic nitrogens is 2. The summed E-state index contributed by atoms with van der Waals surface area (Å²) in [6.45, 7) is 0. The van der Waals surface area contributed by atoms with Crippen LogP contribution in [0.15, 0.2) is 42.5 Å². The summed E-state index contributed by atoms with van der Waals surface area (Å²) in [7, 11) is 3.72. The van der Waals surface area contributed by atoms with Crippen LogP contribution in [0.5, 0.6) is 5.75 Å². The number of nitrogens with zero attached hydrogens (tertiary/aromatic N) is 3. The molecule has 0 unspecified atom stereocenters. The monoisotopic (exact) mass is 283 g/mol. The van der Waals surface area contributed by atoms with Crippen LogP contribution in [0, 0.1) is 5.82 Å². The zero-order chi connectivity index (χ0) is 15.0. The molecule has 0 spiro atoms. The number of phenols is 1. The number of benzene rings is 2. The fraction of sp³-hybridized carbons (Fsp3) is 0.125. The largest absolute Gasteiger partial charge is 0.507 e. The van der Waals surface area contributed by atoms with E-state index in [1.807, 2.05) is 19.0 Å². The first-order valence-electron chi connectivity index (χ1n) is 6.49. The molecule has 21 heavy (non-hydrogen) atoms. The molecular formula is C16H14FN3O. The Labute approximate surface area is 121 Å². The summed E-state index contributed by atoms with van der Waals surface area (Å²) in [4.78, 5) is 10.7. The number of aromatic hydroxyl groups is 1. The second-order valence-corrected chi connectivity index (χ2v) is 4.94. The summed E-state index contributed by atoms with van der Waals surface area (Å²) in [5.74, 6) is 0.792. The Hall–Kier alpha value is -2.69. The van der Waals surface area contributed by atoms with Crippen molar-refractivity contribution in [3.8, 4) is 17.1 Å². The van der Waals surface area contributed by atoms with Gasteiger partial charge in [0.1, 0.15) is 17.4 Å². The number of fused-ring (bicyclic) bond motifs is 1. The van der Waals surface area contributed by atoms with E-state index in [2.05, 4.69) is 9.97 Å². The van der Waals surface area contributed by atoms with Crippen molar-refractivity contribution in [3.05, 3.63) is 48.3 Å². The number of halogens is 1. The molecule has 4 nitrogen and oxygen atoms in total. The summed E-state index contributed by atoms with van der Waals surface area (Å²) in [5.41, 5.74) is 1.03. The first kappa shape index (κ1) is 13.3. The molecule has 3 aromatic rings. The minimum Gasteiger partial charge on any atom is -0.507 e. The third-order valence-corrected chi connectivity index (χ3v) is 3.21. The molecule has 0 radical (unpaired) electrons. The lowest BCUT2D eigenvalue weighted by atomic mass is 10.1. The van der Waals surface area contributed by atoms with Crippen molar-refractivity contribution in [1.29, 1.82) is 0 Å². The van der Waals surface area contributed by atoms with Crippen molar-refractivity contribution in [2.75, 3.05) is 19.0 Å². The summed E-state index contributed by atoms with van der Waals surface area (Å²) in [6, 6.07) is 11.2. The van der Waals surface area contributed by atoms with Gasteiger partial charge >= 0.3 is 0 Å². The molecule has 0 aliphatic heterocycles. The van der Waals surface area contributed by atoms with Gasteiger partial charge in [-0.2, -0.15) is 0 Å². The molecule has 0 saturated carbocycles. The molecule has 0 saturated heterocycles. The average Bonchev–Trinajstić information content (AvgIpc) is 2.46. The molecule has 2 aromatic carbocycles. The van der Waals surface area contributed by atoms with Crippen molar-refractivity contribution in [2.45, 2.75) is 0 Å². The predicted octanol–water partition coefficient (Wildman–Crippen LogP) is 3.21. The van der Waals surface area contributed by atoms with E-state index in [1.165, 1.54) is 12.1 Å². The number of hydrogen-bond donors (Lipinski definition) is 1. The van der Waals surface area contributed by atoms with Crippen LogP contribution in [0.3, 0.4) is 0 Å². The average molecular weight is 283 g/mol. The van der Waals surface area contributed by atoms with Gasteiger partial charge in [-0.1, -0.05) is 12.1 Å². The summed E-state index contributed by atoms with van der Waals surface area (Å²) < 4.78 is 13.5. The van der Waals surface area contributed by atoms with E-state index in [-0.39, 0.29) is 11.6 Å². The molecule has 5 heteroatoms. The fourth-order valence-corrected chi connectivity index (χ4v) is 2.21. The van der Waals surface area contributed by atoms with Gasteiger partial charge in [-0.15, -0.1) is 0 Å². The first-order valence-corrected chi connectivity index (χ1v) is 6.49. The Balaban J connectivity index is 2.32. The molecule has 3 rings (SSSR count). The molecule has 1 aromatic heterocycles. The standard InChI is InChI=1S/C16H14FN3O/c1-20(2)16-11-8-7-10(17)9-13(11)18-15(19-16)12-5-3-4-6-14(12)21/h3-9,21H,1-2H3. The second-order valence-electron chi connectivity index (χ2n) is 4.94. The van der Waals surface area contributed by atoms with E-state index in [9.17, 15) is 9.50 Å². The Kier molecular flexibility index (Phi) is 3.17. The number of para-hydroxylation sites is 1. The molecule has 106 valence electrons. The van der Waals surface area contributed by atoms with Gasteiger partial charge in [0.25, 0.3) is 0 Å². The lowest BCUT2D eigenvalue weighted by molar-refractivity contribution is 0.477. The third kappa shape index (κ3) is 2.38. The third-order valence-electron chi connectivity index (χ3n) is 3.21. The predicted molar refractivity (Wildman–Crippen MR) is 80.9 cm³/mol. The van der Waals surface area contributed by atoms with Crippen molar-refractivity contribution in [1.82, 2.24) is 9.97 Å². The van der Waals surface area contributed by atoms with Crippen LogP contribution in [0.25, 0.3) is 22.3 Å². The van der Waals surface area contributed by atoms with Crippen LogP contribution in [0.2, 0.25) is 0 Å². The molecule has 0 fully saturated rings. The van der Waals surface area contributed by atoms with Gasteiger partial charge in [0.05, 0.1) is 11.1 Å². The van der Waals surface area contributed by atoms with Gasteiger partial charge in [-0.3, -0.25) is 0 Å². The zero-order valence-electron chi connectivity index (χ0n) is 11.7. The topological polar surface area (TPSA) is 49.2 Å².